The van der Waals surface area contributed by atoms with Crippen molar-refractivity contribution in [3.8, 4) is 11.5 Å². The van der Waals surface area contributed by atoms with Crippen LogP contribution in [0, 0.1) is 5.82 Å². The van der Waals surface area contributed by atoms with E-state index in [2.05, 4.69) is 25.5 Å². The molecule has 9 nitrogen and oxygen atoms in total. The fourth-order valence-corrected chi connectivity index (χ4v) is 4.21. The molecule has 3 heterocycles. The molecule has 0 saturated carbocycles. The van der Waals surface area contributed by atoms with E-state index in [1.165, 1.54) is 31.6 Å². The van der Waals surface area contributed by atoms with E-state index in [9.17, 15) is 17.6 Å². The minimum absolute atomic E-state index is 0.0264. The Balaban J connectivity index is 1.26. The van der Waals surface area contributed by atoms with Crippen LogP contribution in [0.15, 0.2) is 36.7 Å². The smallest absolute Gasteiger partial charge is 0.451 e. The summed E-state index contributed by atoms with van der Waals surface area (Å²) in [5, 5.41) is 10.6. The third-order valence-electron chi connectivity index (χ3n) is 5.77. The monoisotopic (exact) mass is 537 g/mol. The maximum Gasteiger partial charge on any atom is 0.451 e. The quantitative estimate of drug-likeness (QED) is 0.247. The van der Waals surface area contributed by atoms with Crippen molar-refractivity contribution in [2.75, 3.05) is 25.6 Å². The van der Waals surface area contributed by atoms with Gasteiger partial charge in [-0.05, 0) is 30.7 Å². The lowest BCUT2D eigenvalue weighted by Gasteiger charge is -2.17. The van der Waals surface area contributed by atoms with Gasteiger partial charge in [0.15, 0.2) is 11.5 Å². The summed E-state index contributed by atoms with van der Waals surface area (Å²) in [6.07, 6.45) is -2.61. The van der Waals surface area contributed by atoms with Gasteiger partial charge in [-0.2, -0.15) is 13.2 Å². The van der Waals surface area contributed by atoms with Crippen molar-refractivity contribution >= 4 is 34.0 Å². The molecule has 0 radical (unpaired) electrons. The molecule has 5 rings (SSSR count). The van der Waals surface area contributed by atoms with Crippen LogP contribution >= 0.6 is 11.6 Å². The maximum atomic E-state index is 13.5. The van der Waals surface area contributed by atoms with Gasteiger partial charge in [0, 0.05) is 23.7 Å². The molecule has 1 N–H and O–H groups in total. The molecular formula is C23H20ClF4N7O2. The van der Waals surface area contributed by atoms with Crippen molar-refractivity contribution in [1.82, 2.24) is 29.6 Å². The number of nitrogens with one attached hydrogen (secondary N) is 1. The fourth-order valence-electron chi connectivity index (χ4n) is 4.03. The van der Waals surface area contributed by atoms with Crippen molar-refractivity contribution in [1.29, 1.82) is 0 Å². The summed E-state index contributed by atoms with van der Waals surface area (Å²) in [7, 11) is 1.51. The van der Waals surface area contributed by atoms with Crippen LogP contribution in [0.4, 0.5) is 29.1 Å². The molecule has 0 unspecified atom stereocenters. The molecule has 0 fully saturated rings. The lowest BCUT2D eigenvalue weighted by molar-refractivity contribution is -0.148. The number of aromatic nitrogens is 5. The highest BCUT2D eigenvalue weighted by atomic mass is 35.5. The molecule has 0 spiro atoms. The lowest BCUT2D eigenvalue weighted by Crippen LogP contribution is -2.23. The average Bonchev–Trinajstić information content (AvgIpc) is 3.44. The number of benzene rings is 2. The minimum atomic E-state index is -4.54. The summed E-state index contributed by atoms with van der Waals surface area (Å²) in [6.45, 7) is 1.13. The molecule has 194 valence electrons. The zero-order chi connectivity index (χ0) is 26.2. The van der Waals surface area contributed by atoms with Gasteiger partial charge in [0.2, 0.25) is 5.82 Å². The van der Waals surface area contributed by atoms with E-state index in [0.29, 0.717) is 46.9 Å². The predicted molar refractivity (Wildman–Crippen MR) is 126 cm³/mol. The highest BCUT2D eigenvalue weighted by Crippen LogP contribution is 2.35. The Kier molecular flexibility index (Phi) is 6.73. The topological polar surface area (TPSA) is 90.2 Å². The second-order valence-corrected chi connectivity index (χ2v) is 8.67. The zero-order valence-electron chi connectivity index (χ0n) is 19.4. The zero-order valence-corrected chi connectivity index (χ0v) is 20.1. The van der Waals surface area contributed by atoms with Gasteiger partial charge in [-0.15, -0.1) is 10.2 Å². The van der Waals surface area contributed by atoms with Crippen molar-refractivity contribution in [2.24, 2.45) is 0 Å². The first kappa shape index (κ1) is 25.0. The minimum Gasteiger partial charge on any atom is -0.493 e. The molecule has 2 aromatic carbocycles. The van der Waals surface area contributed by atoms with E-state index in [-0.39, 0.29) is 30.7 Å². The van der Waals surface area contributed by atoms with Crippen LogP contribution in [0.5, 0.6) is 11.5 Å². The van der Waals surface area contributed by atoms with Gasteiger partial charge >= 0.3 is 6.18 Å². The number of fused-ring (bicyclic) bond motifs is 2. The van der Waals surface area contributed by atoms with Crippen LogP contribution in [0.2, 0.25) is 5.02 Å². The van der Waals surface area contributed by atoms with Gasteiger partial charge in [0.1, 0.15) is 23.8 Å². The number of hydrogen-bond donors (Lipinski definition) is 1. The normalized spacial score (nSPS) is 13.7. The average molecular weight is 538 g/mol. The number of hydrogen-bond acceptors (Lipinski definition) is 8. The molecule has 0 aliphatic carbocycles. The third kappa shape index (κ3) is 5.23. The van der Waals surface area contributed by atoms with Crippen LogP contribution in [0.3, 0.4) is 0 Å². The van der Waals surface area contributed by atoms with E-state index in [4.69, 9.17) is 21.1 Å². The summed E-state index contributed by atoms with van der Waals surface area (Å²) in [4.78, 5) is 10.4. The fraction of sp³-hybridized carbons (Fsp3) is 0.304. The van der Waals surface area contributed by atoms with Gasteiger partial charge in [-0.3, -0.25) is 9.47 Å². The summed E-state index contributed by atoms with van der Waals surface area (Å²) >= 11 is 5.88. The first-order chi connectivity index (χ1) is 17.7. The largest absolute Gasteiger partial charge is 0.493 e. The number of alkyl halides is 3. The number of ether oxygens (including phenoxy) is 2. The van der Waals surface area contributed by atoms with Crippen LogP contribution < -0.4 is 14.8 Å². The molecule has 14 heteroatoms. The van der Waals surface area contributed by atoms with E-state index < -0.39 is 17.8 Å². The van der Waals surface area contributed by atoms with Crippen LogP contribution in [-0.4, -0.2) is 49.9 Å². The number of methoxy groups -OCH3 is 1. The highest BCUT2D eigenvalue weighted by molar-refractivity contribution is 6.31. The molecule has 37 heavy (non-hydrogen) atoms. The Labute approximate surface area is 213 Å². The Bertz CT molecular complexity index is 1450. The standard InChI is InChI=1S/C23H20ClF4N7O2/c1-36-18-9-17-14(21(30-11-29-17)31-13-3-4-16(25)15(24)7-13)8-19(18)37-6-2-5-34-10-20-32-33-22(23(26,27)28)35(20)12-34/h3-4,7-9,11H,2,5-6,10,12H2,1H3,(H,29,30,31). The third-order valence-corrected chi connectivity index (χ3v) is 6.06. The second kappa shape index (κ2) is 9.98. The Hall–Kier alpha value is -3.71. The number of halogens is 5. The summed E-state index contributed by atoms with van der Waals surface area (Å²) in [5.74, 6) is 0.132. The predicted octanol–water partition coefficient (Wildman–Crippen LogP) is 5.03. The molecule has 0 amide bonds. The Morgan fingerprint density at radius 1 is 1.11 bits per heavy atom. The van der Waals surface area contributed by atoms with Gasteiger partial charge in [0.25, 0.3) is 0 Å². The van der Waals surface area contributed by atoms with E-state index >= 15 is 0 Å². The second-order valence-electron chi connectivity index (χ2n) is 8.26. The molecule has 0 atom stereocenters. The summed E-state index contributed by atoms with van der Waals surface area (Å²) < 4.78 is 65.2. The number of anilines is 2. The van der Waals surface area contributed by atoms with Crippen LogP contribution in [0.1, 0.15) is 18.1 Å². The van der Waals surface area contributed by atoms with E-state index in [1.54, 1.807) is 12.1 Å². The van der Waals surface area contributed by atoms with Crippen molar-refractivity contribution < 1.29 is 27.0 Å². The van der Waals surface area contributed by atoms with Crippen molar-refractivity contribution in [3.05, 3.63) is 59.1 Å². The first-order valence-electron chi connectivity index (χ1n) is 11.1. The highest BCUT2D eigenvalue weighted by Gasteiger charge is 2.40. The van der Waals surface area contributed by atoms with Gasteiger partial charge in [0.05, 0.1) is 37.5 Å². The lowest BCUT2D eigenvalue weighted by atomic mass is 10.2. The van der Waals surface area contributed by atoms with Crippen molar-refractivity contribution in [2.45, 2.75) is 25.8 Å². The molecular weight excluding hydrogens is 518 g/mol. The SMILES string of the molecule is COc1cc2ncnc(Nc3ccc(F)c(Cl)c3)c2cc1OCCCN1Cc2nnc(C(F)(F)F)n2C1. The van der Waals surface area contributed by atoms with Crippen LogP contribution in [-0.2, 0) is 19.4 Å². The number of nitrogens with zero attached hydrogens (tertiary/aromatic N) is 6. The maximum absolute atomic E-state index is 13.5. The van der Waals surface area contributed by atoms with E-state index in [0.717, 1.165) is 4.57 Å². The Morgan fingerprint density at radius 3 is 2.70 bits per heavy atom. The molecule has 0 bridgehead atoms. The first-order valence-corrected chi connectivity index (χ1v) is 11.5. The molecule has 1 aliphatic rings. The van der Waals surface area contributed by atoms with Gasteiger partial charge in [-0.25, -0.2) is 14.4 Å². The van der Waals surface area contributed by atoms with Gasteiger partial charge < -0.3 is 14.8 Å². The molecule has 2 aromatic heterocycles. The van der Waals surface area contributed by atoms with E-state index in [1.807, 2.05) is 4.90 Å². The summed E-state index contributed by atoms with van der Waals surface area (Å²) in [5.41, 5.74) is 1.13. The molecule has 1 aliphatic heterocycles. The molecule has 0 saturated heterocycles. The molecule has 4 aromatic rings. The Morgan fingerprint density at radius 2 is 1.95 bits per heavy atom. The van der Waals surface area contributed by atoms with Crippen LogP contribution in [0.25, 0.3) is 10.9 Å². The summed E-state index contributed by atoms with van der Waals surface area (Å²) in [6, 6.07) is 7.67. The van der Waals surface area contributed by atoms with Gasteiger partial charge in [-0.1, -0.05) is 11.6 Å². The number of rotatable bonds is 8. The van der Waals surface area contributed by atoms with Crippen molar-refractivity contribution in [3.63, 3.8) is 0 Å².